The van der Waals surface area contributed by atoms with E-state index in [1.807, 2.05) is 0 Å². The van der Waals surface area contributed by atoms with Crippen molar-refractivity contribution in [2.75, 3.05) is 10.6 Å². The van der Waals surface area contributed by atoms with Crippen LogP contribution in [0.5, 0.6) is 0 Å². The molecular formula is C21H11F6N7O2S2. The third-order valence-corrected chi connectivity index (χ3v) is 6.27. The van der Waals surface area contributed by atoms with Gasteiger partial charge in [-0.1, -0.05) is 22.7 Å². The lowest BCUT2D eigenvalue weighted by molar-refractivity contribution is -0.167. The molecule has 38 heavy (non-hydrogen) atoms. The first-order chi connectivity index (χ1) is 17.9. The molecule has 2 amide bonds. The number of fused-ring (bicyclic) bond motifs is 1. The zero-order valence-electron chi connectivity index (χ0n) is 18.3. The van der Waals surface area contributed by atoms with E-state index in [-0.39, 0.29) is 11.4 Å². The van der Waals surface area contributed by atoms with Crippen LogP contribution < -0.4 is 10.6 Å². The molecule has 2 aromatic carbocycles. The maximum absolute atomic E-state index is 12.3. The molecule has 2 heterocycles. The molecule has 0 atom stereocenters. The van der Waals surface area contributed by atoms with E-state index in [0.717, 1.165) is 4.70 Å². The van der Waals surface area contributed by atoms with Crippen LogP contribution in [0.1, 0.15) is 0 Å². The van der Waals surface area contributed by atoms with Crippen LogP contribution in [0.25, 0.3) is 9.53 Å². The van der Waals surface area contributed by atoms with Crippen molar-refractivity contribution in [3.8, 4) is 0 Å². The van der Waals surface area contributed by atoms with E-state index in [1.54, 1.807) is 16.7 Å². The normalized spacial score (nSPS) is 12.5. The fraction of sp³-hybridized carbons (Fsp3) is 0.0952. The average Bonchev–Trinajstić information content (AvgIpc) is 3.40. The van der Waals surface area contributed by atoms with Gasteiger partial charge in [0.05, 0.1) is 16.1 Å². The molecule has 17 heteroatoms. The predicted octanol–water partition coefficient (Wildman–Crippen LogP) is 8.19. The number of nitrogens with zero attached hydrogens (tertiary/aromatic N) is 5. The average molecular weight is 571 g/mol. The first kappa shape index (κ1) is 26.8. The summed E-state index contributed by atoms with van der Waals surface area (Å²) >= 11 is 2.41. The van der Waals surface area contributed by atoms with Crippen molar-refractivity contribution in [3.05, 3.63) is 54.6 Å². The molecule has 0 radical (unpaired) electrons. The van der Waals surface area contributed by atoms with Crippen molar-refractivity contribution in [3.63, 3.8) is 0 Å². The van der Waals surface area contributed by atoms with E-state index >= 15 is 0 Å². The van der Waals surface area contributed by atoms with Gasteiger partial charge >= 0.3 is 24.2 Å². The topological polar surface area (TPSA) is 121 Å². The Morgan fingerprint density at radius 3 is 1.61 bits per heavy atom. The van der Waals surface area contributed by atoms with Gasteiger partial charge in [-0.25, -0.2) is 4.98 Å². The Labute approximate surface area is 215 Å². The lowest BCUT2D eigenvalue weighted by Gasteiger charge is -2.07. The Morgan fingerprint density at radius 2 is 1.16 bits per heavy atom. The highest BCUT2D eigenvalue weighted by Gasteiger charge is 2.39. The first-order valence-corrected chi connectivity index (χ1v) is 11.7. The van der Waals surface area contributed by atoms with Crippen molar-refractivity contribution in [2.45, 2.75) is 12.4 Å². The molecule has 4 rings (SSSR count). The number of aromatic nitrogens is 1. The lowest BCUT2D eigenvalue weighted by atomic mass is 10.3. The molecule has 0 unspecified atom stereocenters. The highest BCUT2D eigenvalue weighted by molar-refractivity contribution is 7.30. The number of amides is 2. The number of azo groups is 2. The number of nitrogens with one attached hydrogen (secondary N) is 2. The summed E-state index contributed by atoms with van der Waals surface area (Å²) in [6, 6.07) is 12.3. The number of halogens is 6. The maximum Gasteiger partial charge on any atom is 0.471 e. The Morgan fingerprint density at radius 1 is 0.684 bits per heavy atom. The van der Waals surface area contributed by atoms with Gasteiger partial charge in [0.1, 0.15) is 9.83 Å². The molecule has 2 aromatic heterocycles. The van der Waals surface area contributed by atoms with Crippen LogP contribution in [0.15, 0.2) is 75.1 Å². The summed E-state index contributed by atoms with van der Waals surface area (Å²) in [6.45, 7) is 0. The minimum Gasteiger partial charge on any atom is -0.318 e. The molecule has 0 saturated carbocycles. The fourth-order valence-corrected chi connectivity index (χ4v) is 4.49. The zero-order chi connectivity index (χ0) is 27.5. The van der Waals surface area contributed by atoms with Crippen LogP contribution in [0, 0.1) is 0 Å². The van der Waals surface area contributed by atoms with Crippen molar-refractivity contribution in [2.24, 2.45) is 20.5 Å². The largest absolute Gasteiger partial charge is 0.471 e. The second-order valence-corrected chi connectivity index (χ2v) is 9.17. The summed E-state index contributed by atoms with van der Waals surface area (Å²) in [5, 5.41) is 20.3. The van der Waals surface area contributed by atoms with E-state index in [9.17, 15) is 35.9 Å². The number of anilines is 2. The number of thiazole rings is 1. The zero-order valence-corrected chi connectivity index (χ0v) is 20.0. The second-order valence-electron chi connectivity index (χ2n) is 7.15. The Balaban J connectivity index is 1.36. The summed E-state index contributed by atoms with van der Waals surface area (Å²) in [5.74, 6) is -4.16. The minimum atomic E-state index is -4.99. The molecular weight excluding hydrogens is 560 g/mol. The molecule has 9 nitrogen and oxygen atoms in total. The number of alkyl halides is 6. The number of carbonyl (C=O) groups excluding carboxylic acids is 2. The van der Waals surface area contributed by atoms with Crippen LogP contribution in [-0.2, 0) is 9.59 Å². The van der Waals surface area contributed by atoms with E-state index in [0.29, 0.717) is 26.3 Å². The number of thiophene rings is 1. The SMILES string of the molecule is O=C(Nc1ccc(N=Nc2cc3sc(N=Nc4ccc(NC(=O)C(F)(F)F)cc4)nc3s2)cc1)C(F)(F)F. The first-order valence-electron chi connectivity index (χ1n) is 10.1. The maximum atomic E-state index is 12.3. The van der Waals surface area contributed by atoms with Crippen LogP contribution in [-0.4, -0.2) is 29.2 Å². The van der Waals surface area contributed by atoms with E-state index in [4.69, 9.17) is 0 Å². The lowest BCUT2D eigenvalue weighted by Crippen LogP contribution is -2.29. The summed E-state index contributed by atoms with van der Waals surface area (Å²) in [7, 11) is 0. The standard InChI is InChI=1S/C21H11F6N7O2S2/c22-20(23,24)17(35)28-10-1-5-12(6-2-10)31-33-15-9-14-16(38-15)30-19(37-14)34-32-13-7-3-11(4-8-13)29-18(36)21(25,26)27/h1-9H,(H,28,35)(H,29,36). The van der Waals surface area contributed by atoms with Crippen LogP contribution >= 0.6 is 22.7 Å². The summed E-state index contributed by atoms with van der Waals surface area (Å²) in [4.78, 5) is 26.8. The number of hydrogen-bond donors (Lipinski definition) is 2. The third-order valence-electron chi connectivity index (χ3n) is 4.35. The molecule has 196 valence electrons. The molecule has 0 aliphatic carbocycles. The molecule has 4 aromatic rings. The fourth-order valence-electron chi connectivity index (χ4n) is 2.64. The van der Waals surface area contributed by atoms with Gasteiger partial charge in [0.15, 0.2) is 0 Å². The van der Waals surface area contributed by atoms with Crippen LogP contribution in [0.4, 0.5) is 59.2 Å². The Hall–Kier alpha value is -4.25. The molecule has 0 aliphatic rings. The Bertz CT molecular complexity index is 1380. The van der Waals surface area contributed by atoms with Crippen molar-refractivity contribution < 1.29 is 35.9 Å². The molecule has 0 fully saturated rings. The van der Waals surface area contributed by atoms with Gasteiger partial charge in [-0.2, -0.15) is 26.3 Å². The molecule has 0 saturated heterocycles. The van der Waals surface area contributed by atoms with Crippen molar-refractivity contribution >= 4 is 76.9 Å². The molecule has 0 bridgehead atoms. The summed E-state index contributed by atoms with van der Waals surface area (Å²) in [6.07, 6.45) is -9.99. The number of rotatable bonds is 6. The van der Waals surface area contributed by atoms with Gasteiger partial charge in [0, 0.05) is 11.4 Å². The van der Waals surface area contributed by atoms with Gasteiger partial charge < -0.3 is 10.6 Å². The monoisotopic (exact) mass is 571 g/mol. The third kappa shape index (κ3) is 6.94. The quantitative estimate of drug-likeness (QED) is 0.179. The molecule has 0 aliphatic heterocycles. The second kappa shape index (κ2) is 10.6. The van der Waals surface area contributed by atoms with Crippen LogP contribution in [0.3, 0.4) is 0 Å². The van der Waals surface area contributed by atoms with E-state index in [2.05, 4.69) is 25.4 Å². The summed E-state index contributed by atoms with van der Waals surface area (Å²) < 4.78 is 74.6. The highest BCUT2D eigenvalue weighted by atomic mass is 32.1. The van der Waals surface area contributed by atoms with Gasteiger partial charge in [-0.3, -0.25) is 9.59 Å². The number of carbonyl (C=O) groups is 2. The van der Waals surface area contributed by atoms with E-state index < -0.39 is 24.2 Å². The highest BCUT2D eigenvalue weighted by Crippen LogP contribution is 2.39. The molecule has 2 N–H and O–H groups in total. The van der Waals surface area contributed by atoms with Crippen molar-refractivity contribution in [1.82, 2.24) is 4.98 Å². The number of hydrogen-bond acceptors (Lipinski definition) is 9. The predicted molar refractivity (Wildman–Crippen MR) is 128 cm³/mol. The van der Waals surface area contributed by atoms with Gasteiger partial charge in [-0.05, 0) is 54.6 Å². The smallest absolute Gasteiger partial charge is 0.318 e. The van der Waals surface area contributed by atoms with Gasteiger partial charge in [0.2, 0.25) is 5.13 Å². The van der Waals surface area contributed by atoms with Crippen molar-refractivity contribution in [1.29, 1.82) is 0 Å². The summed E-state index contributed by atoms with van der Waals surface area (Å²) in [5.41, 5.74) is 0.579. The molecule has 0 spiro atoms. The number of benzene rings is 2. The van der Waals surface area contributed by atoms with Gasteiger partial charge in [-0.15, -0.1) is 20.5 Å². The van der Waals surface area contributed by atoms with Gasteiger partial charge in [0.25, 0.3) is 0 Å². The minimum absolute atomic E-state index is 0.0435. The Kier molecular flexibility index (Phi) is 7.49. The van der Waals surface area contributed by atoms with Crippen LogP contribution in [0.2, 0.25) is 0 Å². The van der Waals surface area contributed by atoms with E-state index in [1.165, 1.54) is 71.2 Å².